The maximum Gasteiger partial charge on any atom is 0.305 e. The van der Waals surface area contributed by atoms with E-state index in [2.05, 4.69) is 25.9 Å². The average molecular weight is 514 g/mol. The summed E-state index contributed by atoms with van der Waals surface area (Å²) in [5.74, 6) is 2.30. The molecule has 0 radical (unpaired) electrons. The lowest BCUT2D eigenvalue weighted by molar-refractivity contribution is -0.141. The highest BCUT2D eigenvalue weighted by atomic mass is 35.5. The van der Waals surface area contributed by atoms with Gasteiger partial charge in [0.25, 0.3) is 0 Å². The predicted molar refractivity (Wildman–Crippen MR) is 142 cm³/mol. The molecule has 0 amide bonds. The van der Waals surface area contributed by atoms with Crippen molar-refractivity contribution in [3.05, 3.63) is 51.4 Å². The molecule has 0 saturated heterocycles. The fourth-order valence-electron chi connectivity index (χ4n) is 5.76. The SMILES string of the molecule is COC(=O)CCC(CC(=O)Cc1ccc(C)cc1Cl)c1noc(C2CC(CC(C)(C)C)C2)c1C1CC1. The van der Waals surface area contributed by atoms with Gasteiger partial charge in [-0.05, 0) is 79.9 Å². The van der Waals surface area contributed by atoms with Gasteiger partial charge in [-0.25, -0.2) is 0 Å². The van der Waals surface area contributed by atoms with Gasteiger partial charge in [-0.3, -0.25) is 9.59 Å². The number of aryl methyl sites for hydroxylation is 1. The number of Topliss-reactive ketones (excluding diaryl/α,β-unsaturated/α-hetero) is 1. The molecule has 5 nitrogen and oxygen atoms in total. The third kappa shape index (κ3) is 6.79. The monoisotopic (exact) mass is 513 g/mol. The van der Waals surface area contributed by atoms with Gasteiger partial charge in [-0.1, -0.05) is 49.7 Å². The maximum absolute atomic E-state index is 13.2. The molecule has 2 aliphatic carbocycles. The molecule has 1 aromatic heterocycles. The number of carbonyl (C=O) groups excluding carboxylic acids is 2. The van der Waals surface area contributed by atoms with E-state index in [0.29, 0.717) is 35.1 Å². The number of nitrogens with zero attached hydrogens (tertiary/aromatic N) is 1. The Morgan fingerprint density at radius 1 is 1.19 bits per heavy atom. The van der Waals surface area contributed by atoms with E-state index >= 15 is 0 Å². The van der Waals surface area contributed by atoms with E-state index in [-0.39, 0.29) is 30.5 Å². The van der Waals surface area contributed by atoms with Crippen LogP contribution in [0.5, 0.6) is 0 Å². The van der Waals surface area contributed by atoms with Crippen molar-refractivity contribution in [1.29, 1.82) is 0 Å². The Morgan fingerprint density at radius 3 is 2.53 bits per heavy atom. The number of aromatic nitrogens is 1. The topological polar surface area (TPSA) is 69.4 Å². The van der Waals surface area contributed by atoms with Gasteiger partial charge >= 0.3 is 5.97 Å². The molecule has 2 saturated carbocycles. The van der Waals surface area contributed by atoms with Crippen LogP contribution in [0.15, 0.2) is 22.7 Å². The Labute approximate surface area is 220 Å². The van der Waals surface area contributed by atoms with E-state index < -0.39 is 0 Å². The standard InChI is InChI=1S/C30H40ClNO4/c1-18-6-7-21(25(31)12-18)15-24(33)16-22(10-11-26(34)35-5)28-27(20-8-9-20)29(36-32-28)23-13-19(14-23)17-30(2,3)4/h6-7,12,19-20,22-23H,8-11,13-17H2,1-5H3. The first-order chi connectivity index (χ1) is 17.0. The molecule has 0 N–H and O–H groups in total. The Hall–Kier alpha value is -2.14. The van der Waals surface area contributed by atoms with Gasteiger partial charge in [0.15, 0.2) is 0 Å². The average Bonchev–Trinajstić information content (AvgIpc) is 3.53. The minimum absolute atomic E-state index is 0.0933. The van der Waals surface area contributed by atoms with Gasteiger partial charge < -0.3 is 9.26 Å². The summed E-state index contributed by atoms with van der Waals surface area (Å²) in [6, 6.07) is 5.79. The second-order valence-corrected chi connectivity index (χ2v) is 12.7. The van der Waals surface area contributed by atoms with Crippen LogP contribution < -0.4 is 0 Å². The smallest absolute Gasteiger partial charge is 0.305 e. The highest BCUT2D eigenvalue weighted by molar-refractivity contribution is 6.31. The van der Waals surface area contributed by atoms with E-state index in [1.165, 1.54) is 19.1 Å². The number of carbonyl (C=O) groups is 2. The molecule has 6 heteroatoms. The number of hydrogen-bond acceptors (Lipinski definition) is 5. The van der Waals surface area contributed by atoms with Crippen LogP contribution in [0, 0.1) is 18.3 Å². The summed E-state index contributed by atoms with van der Waals surface area (Å²) < 4.78 is 10.9. The molecule has 1 atom stereocenters. The molecule has 2 aliphatic rings. The fraction of sp³-hybridized carbons (Fsp3) is 0.633. The molecule has 1 unspecified atom stereocenters. The third-order valence-corrected chi connectivity index (χ3v) is 8.01. The van der Waals surface area contributed by atoms with Crippen molar-refractivity contribution in [3.8, 4) is 0 Å². The lowest BCUT2D eigenvalue weighted by Crippen LogP contribution is -2.26. The molecule has 1 heterocycles. The van der Waals surface area contributed by atoms with Crippen LogP contribution in [0.2, 0.25) is 5.02 Å². The molecule has 1 aromatic carbocycles. The van der Waals surface area contributed by atoms with E-state index in [4.69, 9.17) is 20.9 Å². The van der Waals surface area contributed by atoms with Crippen LogP contribution in [-0.2, 0) is 20.7 Å². The molecular weight excluding hydrogens is 474 g/mol. The first kappa shape index (κ1) is 26.9. The summed E-state index contributed by atoms with van der Waals surface area (Å²) in [4.78, 5) is 25.2. The Morgan fingerprint density at radius 2 is 1.92 bits per heavy atom. The van der Waals surface area contributed by atoms with Crippen LogP contribution in [-0.4, -0.2) is 24.0 Å². The zero-order valence-electron chi connectivity index (χ0n) is 22.4. The van der Waals surface area contributed by atoms with Gasteiger partial charge in [0.05, 0.1) is 12.8 Å². The Bertz CT molecular complexity index is 1090. The van der Waals surface area contributed by atoms with E-state index in [1.54, 1.807) is 0 Å². The molecule has 0 bridgehead atoms. The third-order valence-electron chi connectivity index (χ3n) is 7.66. The zero-order valence-corrected chi connectivity index (χ0v) is 23.1. The van der Waals surface area contributed by atoms with Crippen LogP contribution in [0.25, 0.3) is 0 Å². The van der Waals surface area contributed by atoms with Crippen LogP contribution >= 0.6 is 11.6 Å². The summed E-state index contributed by atoms with van der Waals surface area (Å²) >= 11 is 6.40. The highest BCUT2D eigenvalue weighted by Crippen LogP contribution is 2.53. The predicted octanol–water partition coefficient (Wildman–Crippen LogP) is 7.68. The summed E-state index contributed by atoms with van der Waals surface area (Å²) in [6.45, 7) is 8.88. The first-order valence-corrected chi connectivity index (χ1v) is 13.7. The van der Waals surface area contributed by atoms with Gasteiger partial charge in [0.1, 0.15) is 11.5 Å². The molecule has 2 fully saturated rings. The number of ketones is 1. The largest absolute Gasteiger partial charge is 0.469 e. The van der Waals surface area contributed by atoms with Crippen molar-refractivity contribution in [3.63, 3.8) is 0 Å². The highest BCUT2D eigenvalue weighted by Gasteiger charge is 2.42. The Balaban J connectivity index is 1.52. The van der Waals surface area contributed by atoms with Gasteiger partial charge in [0, 0.05) is 41.7 Å². The number of esters is 1. The summed E-state index contributed by atoms with van der Waals surface area (Å²) in [7, 11) is 1.40. The van der Waals surface area contributed by atoms with Gasteiger partial charge in [-0.2, -0.15) is 0 Å². The molecule has 36 heavy (non-hydrogen) atoms. The van der Waals surface area contributed by atoms with Crippen molar-refractivity contribution in [2.24, 2.45) is 11.3 Å². The first-order valence-electron chi connectivity index (χ1n) is 13.4. The normalized spacial score (nSPS) is 20.6. The van der Waals surface area contributed by atoms with E-state index in [1.807, 2.05) is 25.1 Å². The van der Waals surface area contributed by atoms with Gasteiger partial charge in [-0.15, -0.1) is 0 Å². The lowest BCUT2D eigenvalue weighted by Gasteiger charge is -2.38. The number of rotatable bonds is 11. The fourth-order valence-corrected chi connectivity index (χ4v) is 6.06. The molecule has 4 rings (SSSR count). The van der Waals surface area contributed by atoms with Crippen molar-refractivity contribution >= 4 is 23.4 Å². The van der Waals surface area contributed by atoms with Crippen molar-refractivity contribution in [2.45, 2.75) is 103 Å². The summed E-state index contributed by atoms with van der Waals surface area (Å²) in [6.07, 6.45) is 7.13. The lowest BCUT2D eigenvalue weighted by atomic mass is 9.66. The number of methoxy groups -OCH3 is 1. The second kappa shape index (κ2) is 11.1. The molecule has 0 aliphatic heterocycles. The second-order valence-electron chi connectivity index (χ2n) is 12.2. The van der Waals surface area contributed by atoms with E-state index in [9.17, 15) is 9.59 Å². The number of ether oxygens (including phenoxy) is 1. The molecule has 0 spiro atoms. The number of benzene rings is 1. The van der Waals surface area contributed by atoms with Crippen LogP contribution in [0.3, 0.4) is 0 Å². The zero-order chi connectivity index (χ0) is 26.0. The van der Waals surface area contributed by atoms with E-state index in [0.717, 1.165) is 54.2 Å². The van der Waals surface area contributed by atoms with Crippen LogP contribution in [0.4, 0.5) is 0 Å². The van der Waals surface area contributed by atoms with Gasteiger partial charge in [0.2, 0.25) is 0 Å². The Kier molecular flexibility index (Phi) is 8.28. The number of halogens is 1. The van der Waals surface area contributed by atoms with Crippen molar-refractivity contribution < 1.29 is 18.8 Å². The summed E-state index contributed by atoms with van der Waals surface area (Å²) in [5, 5.41) is 5.19. The minimum Gasteiger partial charge on any atom is -0.469 e. The van der Waals surface area contributed by atoms with Crippen molar-refractivity contribution in [2.75, 3.05) is 7.11 Å². The minimum atomic E-state index is -0.269. The quantitative estimate of drug-likeness (QED) is 0.288. The number of hydrogen-bond donors (Lipinski definition) is 0. The molecule has 196 valence electrons. The maximum atomic E-state index is 13.2. The molecule has 2 aromatic rings. The van der Waals surface area contributed by atoms with Crippen molar-refractivity contribution in [1.82, 2.24) is 5.16 Å². The van der Waals surface area contributed by atoms with Crippen LogP contribution in [0.1, 0.15) is 118 Å². The summed E-state index contributed by atoms with van der Waals surface area (Å²) in [5.41, 5.74) is 4.35. The molecular formula is C30H40ClNO4.